The normalized spacial score (nSPS) is 10.3. The first-order chi connectivity index (χ1) is 4.41. The average molecular weight is 126 g/mol. The van der Waals surface area contributed by atoms with Gasteiger partial charge in [-0.1, -0.05) is 12.2 Å². The third-order valence-electron chi connectivity index (χ3n) is 1.18. The average Bonchev–Trinajstić information content (AvgIpc) is 1.89. The predicted molar refractivity (Wildman–Crippen MR) is 39.3 cm³/mol. The van der Waals surface area contributed by atoms with Gasteiger partial charge >= 0.3 is 0 Å². The number of rotatable bonds is 5. The molecule has 0 unspecified atom stereocenters. The molecule has 0 aromatic carbocycles. The van der Waals surface area contributed by atoms with E-state index in [9.17, 15) is 4.79 Å². The van der Waals surface area contributed by atoms with Crippen LogP contribution < -0.4 is 0 Å². The topological polar surface area (TPSA) is 17.1 Å². The quantitative estimate of drug-likeness (QED) is 0.314. The van der Waals surface area contributed by atoms with Crippen molar-refractivity contribution in [2.45, 2.75) is 32.6 Å². The Morgan fingerprint density at radius 3 is 2.44 bits per heavy atom. The summed E-state index contributed by atoms with van der Waals surface area (Å²) < 4.78 is 0. The van der Waals surface area contributed by atoms with Crippen LogP contribution in [0.2, 0.25) is 0 Å². The molecule has 0 fully saturated rings. The number of carbonyl (C=O) groups is 1. The van der Waals surface area contributed by atoms with Gasteiger partial charge in [0.15, 0.2) is 0 Å². The van der Waals surface area contributed by atoms with Crippen molar-refractivity contribution in [1.82, 2.24) is 0 Å². The third-order valence-corrected chi connectivity index (χ3v) is 1.18. The number of hydrogen-bond donors (Lipinski definition) is 0. The van der Waals surface area contributed by atoms with Gasteiger partial charge in [0.05, 0.1) is 0 Å². The van der Waals surface area contributed by atoms with Gasteiger partial charge in [0.25, 0.3) is 0 Å². The van der Waals surface area contributed by atoms with Gasteiger partial charge in [0.1, 0.15) is 6.29 Å². The van der Waals surface area contributed by atoms with Gasteiger partial charge in [-0.05, 0) is 26.2 Å². The van der Waals surface area contributed by atoms with Crippen molar-refractivity contribution >= 4 is 6.29 Å². The summed E-state index contributed by atoms with van der Waals surface area (Å²) in [5.41, 5.74) is 0. The van der Waals surface area contributed by atoms with E-state index in [0.29, 0.717) is 0 Å². The zero-order chi connectivity index (χ0) is 6.95. The maximum Gasteiger partial charge on any atom is 0.119 e. The lowest BCUT2D eigenvalue weighted by Crippen LogP contribution is -1.75. The van der Waals surface area contributed by atoms with Crippen LogP contribution in [0.25, 0.3) is 0 Å². The van der Waals surface area contributed by atoms with Crippen molar-refractivity contribution < 1.29 is 4.79 Å². The standard InChI is InChI=1S/C8H14O/c1-2-3-4-5-6-7-8-9/h2-3,8H,4-7H2,1H3. The van der Waals surface area contributed by atoms with E-state index in [1.807, 2.05) is 13.0 Å². The van der Waals surface area contributed by atoms with Crippen molar-refractivity contribution in [1.29, 1.82) is 0 Å². The van der Waals surface area contributed by atoms with E-state index in [1.165, 1.54) is 0 Å². The lowest BCUT2D eigenvalue weighted by Gasteiger charge is -1.88. The van der Waals surface area contributed by atoms with Crippen LogP contribution in [-0.4, -0.2) is 6.29 Å². The molecular weight excluding hydrogens is 112 g/mol. The minimum Gasteiger partial charge on any atom is -0.303 e. The molecule has 0 saturated carbocycles. The summed E-state index contributed by atoms with van der Waals surface area (Å²) in [6, 6.07) is 0. The van der Waals surface area contributed by atoms with Crippen LogP contribution in [0.1, 0.15) is 32.6 Å². The smallest absolute Gasteiger partial charge is 0.119 e. The van der Waals surface area contributed by atoms with Gasteiger partial charge in [-0.2, -0.15) is 0 Å². The van der Waals surface area contributed by atoms with Crippen molar-refractivity contribution in [3.8, 4) is 0 Å². The fourth-order valence-corrected chi connectivity index (χ4v) is 0.657. The highest BCUT2D eigenvalue weighted by Gasteiger charge is 1.82. The predicted octanol–water partition coefficient (Wildman–Crippen LogP) is 2.32. The minimum absolute atomic E-state index is 0.720. The second-order valence-corrected chi connectivity index (χ2v) is 2.02. The van der Waals surface area contributed by atoms with E-state index in [4.69, 9.17) is 0 Å². The van der Waals surface area contributed by atoms with E-state index in [0.717, 1.165) is 32.0 Å². The molecule has 0 aromatic heterocycles. The maximum atomic E-state index is 9.82. The number of allylic oxidation sites excluding steroid dienone is 2. The number of aldehydes is 1. The van der Waals surface area contributed by atoms with Gasteiger partial charge < -0.3 is 4.79 Å². The molecule has 0 aliphatic carbocycles. The second-order valence-electron chi connectivity index (χ2n) is 2.02. The fourth-order valence-electron chi connectivity index (χ4n) is 0.657. The molecule has 0 radical (unpaired) electrons. The lowest BCUT2D eigenvalue weighted by atomic mass is 10.2. The van der Waals surface area contributed by atoms with E-state index < -0.39 is 0 Å². The molecular formula is C8H14O. The monoisotopic (exact) mass is 126 g/mol. The molecule has 0 heterocycles. The van der Waals surface area contributed by atoms with Gasteiger partial charge in [-0.15, -0.1) is 0 Å². The molecule has 1 nitrogen and oxygen atoms in total. The molecule has 0 N–H and O–H groups in total. The highest BCUT2D eigenvalue weighted by atomic mass is 16.1. The Morgan fingerprint density at radius 1 is 1.22 bits per heavy atom. The first-order valence-corrected chi connectivity index (χ1v) is 3.46. The Bertz CT molecular complexity index is 84.6. The lowest BCUT2D eigenvalue weighted by molar-refractivity contribution is -0.107. The largest absolute Gasteiger partial charge is 0.303 e. The fraction of sp³-hybridized carbons (Fsp3) is 0.625. The Morgan fingerprint density at radius 2 is 1.89 bits per heavy atom. The molecule has 0 amide bonds. The Kier molecular flexibility index (Phi) is 6.92. The first-order valence-electron chi connectivity index (χ1n) is 3.46. The first kappa shape index (κ1) is 8.41. The molecule has 0 atom stereocenters. The zero-order valence-corrected chi connectivity index (χ0v) is 5.97. The van der Waals surface area contributed by atoms with Crippen molar-refractivity contribution in [2.75, 3.05) is 0 Å². The molecule has 0 bridgehead atoms. The third kappa shape index (κ3) is 7.41. The maximum absolute atomic E-state index is 9.82. The van der Waals surface area contributed by atoms with Crippen LogP contribution in [-0.2, 0) is 4.79 Å². The van der Waals surface area contributed by atoms with Crippen LogP contribution in [0.5, 0.6) is 0 Å². The summed E-state index contributed by atoms with van der Waals surface area (Å²) in [5, 5.41) is 0. The van der Waals surface area contributed by atoms with Crippen molar-refractivity contribution in [3.63, 3.8) is 0 Å². The summed E-state index contributed by atoms with van der Waals surface area (Å²) >= 11 is 0. The van der Waals surface area contributed by atoms with Crippen LogP contribution in [0, 0.1) is 0 Å². The van der Waals surface area contributed by atoms with Crippen LogP contribution >= 0.6 is 0 Å². The molecule has 0 spiro atoms. The van der Waals surface area contributed by atoms with Gasteiger partial charge in [0.2, 0.25) is 0 Å². The summed E-state index contributed by atoms with van der Waals surface area (Å²) in [4.78, 5) is 9.82. The van der Waals surface area contributed by atoms with Gasteiger partial charge in [-0.3, -0.25) is 0 Å². The van der Waals surface area contributed by atoms with E-state index in [-0.39, 0.29) is 0 Å². The van der Waals surface area contributed by atoms with Crippen molar-refractivity contribution in [2.24, 2.45) is 0 Å². The van der Waals surface area contributed by atoms with E-state index in [1.54, 1.807) is 0 Å². The Balaban J connectivity index is 2.82. The molecule has 0 saturated heterocycles. The van der Waals surface area contributed by atoms with Crippen LogP contribution in [0.15, 0.2) is 12.2 Å². The van der Waals surface area contributed by atoms with Crippen molar-refractivity contribution in [3.05, 3.63) is 12.2 Å². The van der Waals surface area contributed by atoms with E-state index >= 15 is 0 Å². The van der Waals surface area contributed by atoms with Gasteiger partial charge in [-0.25, -0.2) is 0 Å². The molecule has 52 valence electrons. The van der Waals surface area contributed by atoms with Crippen LogP contribution in [0.3, 0.4) is 0 Å². The van der Waals surface area contributed by atoms with E-state index in [2.05, 4.69) is 6.08 Å². The van der Waals surface area contributed by atoms with Crippen LogP contribution in [0.4, 0.5) is 0 Å². The second kappa shape index (κ2) is 7.41. The Hall–Kier alpha value is -0.590. The Labute approximate surface area is 56.8 Å². The number of unbranched alkanes of at least 4 members (excludes halogenated alkanes) is 3. The molecule has 0 rings (SSSR count). The molecule has 9 heavy (non-hydrogen) atoms. The zero-order valence-electron chi connectivity index (χ0n) is 5.97. The molecule has 1 heteroatoms. The SMILES string of the molecule is CC=CCCCCC=O. The highest BCUT2D eigenvalue weighted by molar-refractivity contribution is 5.48. The summed E-state index contributed by atoms with van der Waals surface area (Å²) in [6.07, 6.45) is 9.17. The molecule has 0 aliphatic rings. The highest BCUT2D eigenvalue weighted by Crippen LogP contribution is 1.97. The minimum atomic E-state index is 0.720. The summed E-state index contributed by atoms with van der Waals surface area (Å²) in [5.74, 6) is 0. The molecule has 0 aliphatic heterocycles. The number of carbonyl (C=O) groups excluding carboxylic acids is 1. The summed E-state index contributed by atoms with van der Waals surface area (Å²) in [7, 11) is 0. The number of hydrogen-bond acceptors (Lipinski definition) is 1. The molecule has 0 aromatic rings. The summed E-state index contributed by atoms with van der Waals surface area (Å²) in [6.45, 7) is 2.01. The van der Waals surface area contributed by atoms with Gasteiger partial charge in [0, 0.05) is 6.42 Å².